The largest absolute Gasteiger partial charge is 0.348 e. The van der Waals surface area contributed by atoms with Gasteiger partial charge in [0.1, 0.15) is 0 Å². The first-order valence-corrected chi connectivity index (χ1v) is 10.1. The number of aliphatic imine (C=N–C) groups is 1. The second-order valence-electron chi connectivity index (χ2n) is 7.49. The first-order chi connectivity index (χ1) is 14.5. The number of nitrogens with one attached hydrogen (secondary N) is 1. The molecule has 6 heteroatoms. The van der Waals surface area contributed by atoms with Gasteiger partial charge in [0.15, 0.2) is 0 Å². The summed E-state index contributed by atoms with van der Waals surface area (Å²) < 4.78 is 0. The Morgan fingerprint density at radius 3 is 2.37 bits per heavy atom. The number of hydrogen-bond acceptors (Lipinski definition) is 4. The Kier molecular flexibility index (Phi) is 4.22. The van der Waals surface area contributed by atoms with Crippen molar-refractivity contribution in [3.05, 3.63) is 94.5 Å². The molecule has 30 heavy (non-hydrogen) atoms. The molecule has 1 N–H and O–H groups in total. The van der Waals surface area contributed by atoms with Crippen molar-refractivity contribution in [1.82, 2.24) is 0 Å². The molecule has 3 aromatic rings. The summed E-state index contributed by atoms with van der Waals surface area (Å²) in [6, 6.07) is 23.0. The van der Waals surface area contributed by atoms with E-state index < -0.39 is 5.66 Å². The van der Waals surface area contributed by atoms with Crippen molar-refractivity contribution >= 4 is 40.3 Å². The highest BCUT2D eigenvalue weighted by atomic mass is 35.5. The fourth-order valence-electron chi connectivity index (χ4n) is 3.79. The number of rotatable bonds is 2. The molecule has 2 aliphatic rings. The molecule has 0 saturated heterocycles. The molecule has 1 spiro atoms. The molecule has 2 aliphatic heterocycles. The van der Waals surface area contributed by atoms with Gasteiger partial charge in [-0.05, 0) is 44.2 Å². The molecule has 5 nitrogen and oxygen atoms in total. The highest BCUT2D eigenvalue weighted by Gasteiger charge is 2.52. The number of aryl methyl sites for hydroxylation is 1. The summed E-state index contributed by atoms with van der Waals surface area (Å²) in [5.41, 5.74) is 4.53. The van der Waals surface area contributed by atoms with Crippen molar-refractivity contribution in [2.45, 2.75) is 19.5 Å². The van der Waals surface area contributed by atoms with E-state index in [1.165, 1.54) is 5.01 Å². The van der Waals surface area contributed by atoms with E-state index in [2.05, 4.69) is 10.4 Å². The lowest BCUT2D eigenvalue weighted by atomic mass is 9.93. The van der Waals surface area contributed by atoms with Gasteiger partial charge in [-0.1, -0.05) is 59.6 Å². The highest BCUT2D eigenvalue weighted by Crippen LogP contribution is 2.37. The molecule has 0 fully saturated rings. The molecule has 1 atom stereocenters. The summed E-state index contributed by atoms with van der Waals surface area (Å²) in [5, 5.41) is 10.0. The lowest BCUT2D eigenvalue weighted by Gasteiger charge is -2.33. The van der Waals surface area contributed by atoms with Crippen molar-refractivity contribution in [3.8, 4) is 0 Å². The summed E-state index contributed by atoms with van der Waals surface area (Å²) in [4.78, 5) is 18.6. The molecule has 3 aromatic carbocycles. The zero-order valence-electron chi connectivity index (χ0n) is 16.6. The number of anilines is 2. The van der Waals surface area contributed by atoms with Gasteiger partial charge in [-0.25, -0.2) is 4.99 Å². The average molecular weight is 415 g/mol. The van der Waals surface area contributed by atoms with E-state index in [4.69, 9.17) is 16.6 Å². The third-order valence-corrected chi connectivity index (χ3v) is 5.70. The normalized spacial score (nSPS) is 20.0. The van der Waals surface area contributed by atoms with Gasteiger partial charge < -0.3 is 5.32 Å². The van der Waals surface area contributed by atoms with Crippen molar-refractivity contribution in [1.29, 1.82) is 0 Å². The van der Waals surface area contributed by atoms with Crippen LogP contribution in [0, 0.1) is 6.92 Å². The molecule has 0 bridgehead atoms. The van der Waals surface area contributed by atoms with Crippen LogP contribution in [-0.4, -0.2) is 23.0 Å². The first-order valence-electron chi connectivity index (χ1n) is 9.68. The molecule has 1 unspecified atom stereocenters. The van der Waals surface area contributed by atoms with Crippen molar-refractivity contribution in [2.24, 2.45) is 10.1 Å². The zero-order chi connectivity index (χ0) is 20.9. The van der Waals surface area contributed by atoms with E-state index in [9.17, 15) is 4.79 Å². The van der Waals surface area contributed by atoms with Gasteiger partial charge in [0.05, 0.1) is 17.1 Å². The number of fused-ring (bicyclic) bond motifs is 1. The van der Waals surface area contributed by atoms with E-state index in [1.807, 2.05) is 86.6 Å². The van der Waals surface area contributed by atoms with Crippen LogP contribution in [0.1, 0.15) is 23.6 Å². The summed E-state index contributed by atoms with van der Waals surface area (Å²) in [6.45, 7) is 3.84. The van der Waals surface area contributed by atoms with Crippen LogP contribution >= 0.6 is 11.6 Å². The predicted octanol–water partition coefficient (Wildman–Crippen LogP) is 5.03. The first kappa shape index (κ1) is 18.6. The standard InChI is InChI=1S/C24H19ClN4O/c1-15-7-13-19(14-8-15)29-23(30)24(16(2)28-29)26-21-6-4-3-5-20(21)22(27-24)17-9-11-18(25)12-10-17/h3-14,26H,1-2H3. The Balaban J connectivity index is 1.66. The Bertz CT molecular complexity index is 1210. The summed E-state index contributed by atoms with van der Waals surface area (Å²) in [5.74, 6) is -0.232. The minimum atomic E-state index is -1.28. The van der Waals surface area contributed by atoms with Crippen LogP contribution in [0.4, 0.5) is 11.4 Å². The number of benzene rings is 3. The lowest BCUT2D eigenvalue weighted by molar-refractivity contribution is -0.120. The molecule has 0 radical (unpaired) electrons. The van der Waals surface area contributed by atoms with Crippen LogP contribution in [-0.2, 0) is 4.79 Å². The molecule has 148 valence electrons. The second kappa shape index (κ2) is 6.82. The van der Waals surface area contributed by atoms with Gasteiger partial charge in [0.2, 0.25) is 0 Å². The topological polar surface area (TPSA) is 57.1 Å². The third kappa shape index (κ3) is 2.82. The average Bonchev–Trinajstić information content (AvgIpc) is 2.99. The number of carbonyl (C=O) groups excluding carboxylic acids is 1. The predicted molar refractivity (Wildman–Crippen MR) is 122 cm³/mol. The number of amides is 1. The number of carbonyl (C=O) groups is 1. The highest BCUT2D eigenvalue weighted by molar-refractivity contribution is 6.31. The van der Waals surface area contributed by atoms with Crippen molar-refractivity contribution in [3.63, 3.8) is 0 Å². The maximum atomic E-state index is 13.6. The Morgan fingerprint density at radius 1 is 0.933 bits per heavy atom. The van der Waals surface area contributed by atoms with Crippen LogP contribution in [0.15, 0.2) is 82.9 Å². The molecule has 0 saturated carbocycles. The second-order valence-corrected chi connectivity index (χ2v) is 7.92. The van der Waals surface area contributed by atoms with Gasteiger partial charge in [-0.3, -0.25) is 4.79 Å². The van der Waals surface area contributed by atoms with Crippen LogP contribution < -0.4 is 10.3 Å². The van der Waals surface area contributed by atoms with E-state index in [0.29, 0.717) is 16.4 Å². The molecular weight excluding hydrogens is 396 g/mol. The van der Waals surface area contributed by atoms with Crippen molar-refractivity contribution < 1.29 is 4.79 Å². The molecule has 5 rings (SSSR count). The van der Waals surface area contributed by atoms with Gasteiger partial charge in [-0.2, -0.15) is 10.1 Å². The van der Waals surface area contributed by atoms with Gasteiger partial charge in [-0.15, -0.1) is 0 Å². The summed E-state index contributed by atoms with van der Waals surface area (Å²) >= 11 is 6.08. The minimum Gasteiger partial charge on any atom is -0.348 e. The van der Waals surface area contributed by atoms with E-state index >= 15 is 0 Å². The van der Waals surface area contributed by atoms with Crippen LogP contribution in [0.5, 0.6) is 0 Å². The Labute approximate surface area is 179 Å². The van der Waals surface area contributed by atoms with E-state index in [0.717, 1.165) is 28.1 Å². The van der Waals surface area contributed by atoms with E-state index in [-0.39, 0.29) is 5.91 Å². The molecule has 0 aromatic heterocycles. The Hall–Kier alpha value is -3.44. The van der Waals surface area contributed by atoms with E-state index in [1.54, 1.807) is 0 Å². The third-order valence-electron chi connectivity index (χ3n) is 5.45. The fraction of sp³-hybridized carbons (Fsp3) is 0.125. The fourth-order valence-corrected chi connectivity index (χ4v) is 3.91. The monoisotopic (exact) mass is 414 g/mol. The van der Waals surface area contributed by atoms with Gasteiger partial charge in [0, 0.05) is 21.8 Å². The van der Waals surface area contributed by atoms with Crippen LogP contribution in [0.3, 0.4) is 0 Å². The van der Waals surface area contributed by atoms with Crippen LogP contribution in [0.25, 0.3) is 0 Å². The maximum absolute atomic E-state index is 13.6. The molecular formula is C24H19ClN4O. The molecule has 1 amide bonds. The number of halogens is 1. The smallest absolute Gasteiger partial charge is 0.302 e. The number of nitrogens with zero attached hydrogens (tertiary/aromatic N) is 3. The maximum Gasteiger partial charge on any atom is 0.302 e. The Morgan fingerprint density at radius 2 is 1.63 bits per heavy atom. The summed E-state index contributed by atoms with van der Waals surface area (Å²) in [6.07, 6.45) is 0. The van der Waals surface area contributed by atoms with Crippen molar-refractivity contribution in [2.75, 3.05) is 10.3 Å². The zero-order valence-corrected chi connectivity index (χ0v) is 17.3. The quantitative estimate of drug-likeness (QED) is 0.639. The minimum absolute atomic E-state index is 0.232. The summed E-state index contributed by atoms with van der Waals surface area (Å²) in [7, 11) is 0. The molecule has 0 aliphatic carbocycles. The van der Waals surface area contributed by atoms with Gasteiger partial charge >= 0.3 is 5.91 Å². The number of para-hydroxylation sites is 1. The lowest BCUT2D eigenvalue weighted by Crippen LogP contribution is -2.53. The van der Waals surface area contributed by atoms with Crippen LogP contribution in [0.2, 0.25) is 5.02 Å². The number of hydrogen-bond donors (Lipinski definition) is 1. The SMILES string of the molecule is CC1=NN(c2ccc(C)cc2)C(=O)C12N=C(c1ccc(Cl)cc1)c1ccccc1N2. The van der Waals surface area contributed by atoms with Gasteiger partial charge in [0.25, 0.3) is 5.66 Å². The molecule has 2 heterocycles. The number of hydrazone groups is 1.